The van der Waals surface area contributed by atoms with Crippen LogP contribution in [0.4, 0.5) is 65.9 Å². The minimum Gasteiger partial charge on any atom is -0.497 e. The van der Waals surface area contributed by atoms with Crippen molar-refractivity contribution >= 4 is 108 Å². The lowest BCUT2D eigenvalue weighted by Gasteiger charge is -2.58. The van der Waals surface area contributed by atoms with Gasteiger partial charge < -0.3 is 54.6 Å². The van der Waals surface area contributed by atoms with Gasteiger partial charge in [0.25, 0.3) is 17.4 Å². The summed E-state index contributed by atoms with van der Waals surface area (Å²) in [5, 5.41) is 24.7. The van der Waals surface area contributed by atoms with E-state index in [1.54, 1.807) is 35.9 Å². The Kier molecular flexibility index (Phi) is 31.0. The number of hydrogen-bond donors (Lipinski definition) is 5. The lowest BCUT2D eigenvalue weighted by atomic mass is 9.71. The lowest BCUT2D eigenvalue weighted by Crippen LogP contribution is -2.67. The first-order valence-electron chi connectivity index (χ1n) is 41.6. The molecule has 1 aromatic heterocycles. The topological polar surface area (TPSA) is 225 Å². The van der Waals surface area contributed by atoms with Crippen molar-refractivity contribution in [3.63, 3.8) is 0 Å². The first kappa shape index (κ1) is 99.3. The molecule has 4 unspecified atom stereocenters. The number of allylic oxidation sites excluding steroid dienone is 2. The van der Waals surface area contributed by atoms with Crippen molar-refractivity contribution in [2.45, 2.75) is 94.3 Å². The number of hydrogen-bond acceptors (Lipinski definition) is 13. The molecule has 5 N–H and O–H groups in total. The third-order valence-corrected chi connectivity index (χ3v) is 23.6. The second-order valence-electron chi connectivity index (χ2n) is 32.0. The zero-order valence-electron chi connectivity index (χ0n) is 71.1. The van der Waals surface area contributed by atoms with Gasteiger partial charge in [-0.05, 0) is 152 Å². The molecule has 135 heavy (non-hydrogen) atoms. The van der Waals surface area contributed by atoms with Crippen molar-refractivity contribution in [2.24, 2.45) is 17.0 Å². The molecule has 704 valence electrons. The van der Waals surface area contributed by atoms with Gasteiger partial charge in [0, 0.05) is 85.2 Å². The van der Waals surface area contributed by atoms with Crippen LogP contribution in [0.1, 0.15) is 107 Å². The van der Waals surface area contributed by atoms with Gasteiger partial charge in [-0.1, -0.05) is 192 Å². The van der Waals surface area contributed by atoms with Gasteiger partial charge in [0.2, 0.25) is 17.6 Å². The molecule has 0 aliphatic carbocycles. The maximum Gasteiger partial charge on any atom is 0.435 e. The number of amides is 4. The average Bonchev–Trinajstić information content (AvgIpc) is 1.56. The third-order valence-electron chi connectivity index (χ3n) is 23.0. The number of fused-ring (bicyclic) bond motifs is 6. The summed E-state index contributed by atoms with van der Waals surface area (Å²) in [6.07, 6.45) is -19.9. The Morgan fingerprint density at radius 2 is 1.07 bits per heavy atom. The molecule has 4 aliphatic rings. The molecule has 3 saturated heterocycles. The fourth-order valence-electron chi connectivity index (χ4n) is 16.5. The highest BCUT2D eigenvalue weighted by molar-refractivity contribution is 6.35. The number of methoxy groups -OCH3 is 1. The van der Waals surface area contributed by atoms with E-state index in [-0.39, 0.29) is 72.5 Å². The number of piperidine rings is 3. The Hall–Kier alpha value is -13.2. The van der Waals surface area contributed by atoms with Gasteiger partial charge in [0.15, 0.2) is 17.3 Å². The number of quaternary nitrogens is 1. The molecule has 0 radical (unpaired) electrons. The highest BCUT2D eigenvalue weighted by Gasteiger charge is 2.63. The van der Waals surface area contributed by atoms with Gasteiger partial charge in [0.1, 0.15) is 57.4 Å². The Bertz CT molecular complexity index is 6350. The molecular formula is C99H82Cl3F15N7O11+. The standard InChI is InChI=1S/C48H49N2O5.C26H16ClF9N2O3.C25H17Cl2F6N3O3/c1-3-38-30-50(24-22-39(38)27-44(50)47(51)41-21-23-49-43-20-19-40(52-2)28-42(41)43)29-37-25-45(53-31-34-13-7-4-8-14-34)48(55-33-36-17-11-6-12-18-36)46(26-37)54-32-35-15-9-5-10-16-35;27-15-8-13(7-14(9-15)25(31,32)33)20(26(34,35)36)10-21(39)18-5-6-19(17-4-2-1-3-16(17)18)23(41)37-11-22(40)38-12-24(28,29)30;26-14-7-13(8-15(27)9-14)23(25(31,32)33)10-20(36-39-23)18-5-6-19(17-4-2-1-3-16(17)18)22(38)34-11-21(37)35-12-24(28,29)30/h3-21,23,25-26,28,38-39,44,47,51H,1,22,24,27,29-33H2,2H3;1-10H,11-12H2,(H,37,41)(H,38,40);1-9H,10-12H2,(H,34,38)(H,35,37)/q+1;;/t38?,39?,44-,47+,50?;;/m0../s1. The van der Waals surface area contributed by atoms with Crippen LogP contribution in [-0.2, 0) is 52.6 Å². The van der Waals surface area contributed by atoms with Crippen molar-refractivity contribution in [1.29, 1.82) is 0 Å². The molecule has 2 bridgehead atoms. The number of rotatable bonds is 28. The quantitative estimate of drug-likeness (QED) is 0.0102. The third kappa shape index (κ3) is 24.7. The van der Waals surface area contributed by atoms with E-state index in [1.807, 2.05) is 85.1 Å². The van der Waals surface area contributed by atoms with Crippen molar-refractivity contribution in [3.8, 4) is 23.0 Å². The predicted octanol–water partition coefficient (Wildman–Crippen LogP) is 22.5. The van der Waals surface area contributed by atoms with E-state index in [0.29, 0.717) is 78.4 Å². The van der Waals surface area contributed by atoms with Gasteiger partial charge in [-0.3, -0.25) is 29.0 Å². The molecule has 5 heterocycles. The van der Waals surface area contributed by atoms with Crippen LogP contribution < -0.4 is 40.2 Å². The number of ether oxygens (including phenoxy) is 4. The van der Waals surface area contributed by atoms with E-state index in [1.165, 1.54) is 48.5 Å². The molecular weight excluding hydrogens is 1850 g/mol. The summed E-state index contributed by atoms with van der Waals surface area (Å²) in [5.74, 6) is -1.74. The zero-order chi connectivity index (χ0) is 97.0. The number of aliphatic hydroxyl groups excluding tert-OH is 1. The van der Waals surface area contributed by atoms with E-state index in [4.69, 9.17) is 58.6 Å². The van der Waals surface area contributed by atoms with Crippen LogP contribution >= 0.6 is 34.8 Å². The van der Waals surface area contributed by atoms with Gasteiger partial charge in [0.05, 0.1) is 55.7 Å². The van der Waals surface area contributed by atoms with Crippen molar-refractivity contribution in [3.05, 3.63) is 343 Å². The fraction of sp³-hybridized carbons (Fsp3) is 0.242. The van der Waals surface area contributed by atoms with Gasteiger partial charge in [-0.2, -0.15) is 65.9 Å². The molecule has 3 fully saturated rings. The molecule has 11 aromatic carbocycles. The Labute approximate surface area is 777 Å². The number of carbonyl (C=O) groups excluding carboxylic acids is 5. The second kappa shape index (κ2) is 42.1. The Balaban J connectivity index is 0.000000175. The lowest BCUT2D eigenvalue weighted by molar-refractivity contribution is -0.984. The number of halogens is 18. The molecule has 4 amide bonds. The minimum absolute atomic E-state index is 0.0217. The molecule has 6 atom stereocenters. The maximum absolute atomic E-state index is 14.4. The zero-order valence-corrected chi connectivity index (χ0v) is 73.4. The summed E-state index contributed by atoms with van der Waals surface area (Å²) in [6, 6.07) is 63.8. The molecule has 18 nitrogen and oxygen atoms in total. The number of ketones is 1. The molecule has 36 heteroatoms. The van der Waals surface area contributed by atoms with E-state index in [2.05, 4.69) is 82.0 Å². The van der Waals surface area contributed by atoms with E-state index >= 15 is 0 Å². The number of oxime groups is 1. The number of carbonyl (C=O) groups is 5. The van der Waals surface area contributed by atoms with Crippen LogP contribution in [-0.4, -0.2) is 127 Å². The highest BCUT2D eigenvalue weighted by atomic mass is 35.5. The number of pyridine rings is 1. The second-order valence-corrected chi connectivity index (χ2v) is 33.3. The van der Waals surface area contributed by atoms with Crippen molar-refractivity contribution in [1.82, 2.24) is 26.3 Å². The monoisotopic (exact) mass is 1930 g/mol. The van der Waals surface area contributed by atoms with E-state index in [0.717, 1.165) is 99.1 Å². The molecule has 12 aromatic rings. The first-order valence-corrected chi connectivity index (χ1v) is 42.7. The largest absolute Gasteiger partial charge is 0.497 e. The first-order chi connectivity index (χ1) is 64.1. The van der Waals surface area contributed by atoms with Crippen LogP contribution in [0.25, 0.3) is 38.0 Å². The Morgan fingerprint density at radius 1 is 0.563 bits per heavy atom. The normalized spacial score (nSPS) is 17.4. The average molecular weight is 1940 g/mol. The van der Waals surface area contributed by atoms with Crippen molar-refractivity contribution in [2.75, 3.05) is 46.4 Å². The number of aromatic nitrogens is 1. The predicted molar refractivity (Wildman–Crippen MR) is 478 cm³/mol. The summed E-state index contributed by atoms with van der Waals surface area (Å²) in [4.78, 5) is 71.3. The number of nitrogens with zero attached hydrogens (tertiary/aromatic N) is 3. The van der Waals surface area contributed by atoms with Crippen LogP contribution in [0, 0.1) is 11.8 Å². The van der Waals surface area contributed by atoms with Gasteiger partial charge in [-0.25, -0.2) is 0 Å². The highest BCUT2D eigenvalue weighted by Crippen LogP contribution is 2.53. The maximum atomic E-state index is 14.4. The van der Waals surface area contributed by atoms with Crippen LogP contribution in [0.15, 0.2) is 267 Å². The molecule has 0 saturated carbocycles. The summed E-state index contributed by atoms with van der Waals surface area (Å²) < 4.78 is 224. The van der Waals surface area contributed by atoms with Crippen LogP contribution in [0.5, 0.6) is 23.0 Å². The molecule has 4 aliphatic heterocycles. The Morgan fingerprint density at radius 3 is 1.59 bits per heavy atom. The number of nitrogens with one attached hydrogen (secondary N) is 4. The van der Waals surface area contributed by atoms with Crippen LogP contribution in [0.2, 0.25) is 15.1 Å². The summed E-state index contributed by atoms with van der Waals surface area (Å²) >= 11 is 17.5. The molecule has 16 rings (SSSR count). The van der Waals surface area contributed by atoms with E-state index in [9.17, 15) is 94.9 Å². The number of aliphatic hydroxyl groups is 1. The summed E-state index contributed by atoms with van der Waals surface area (Å²) in [7, 11) is 1.67. The molecule has 0 spiro atoms. The smallest absolute Gasteiger partial charge is 0.435 e. The summed E-state index contributed by atoms with van der Waals surface area (Å²) in [6.45, 7) is 3.21. The number of benzene rings is 11. The fourth-order valence-corrected chi connectivity index (χ4v) is 17.3. The van der Waals surface area contributed by atoms with Gasteiger partial charge in [-0.15, -0.1) is 6.58 Å². The summed E-state index contributed by atoms with van der Waals surface area (Å²) in [5.41, 5.74) is -1.66. The minimum atomic E-state index is -5.27. The van der Waals surface area contributed by atoms with Crippen molar-refractivity contribution < 1.29 is 123 Å². The van der Waals surface area contributed by atoms with Crippen LogP contribution in [0.3, 0.4) is 0 Å². The SMILES string of the molecule is C=CC1C[N+]2(Cc3cc(OCc4ccccc4)c(OCc4ccccc4)c(OCc4ccccc4)c3)CCC1C[C@H]2[C@H](O)c1ccnc2ccc(OC)cc12.O=C(CNC(=O)c1ccc(C(=O)C=C(c2cc(Cl)cc(C(F)(F)F)c2)C(F)(F)F)c2ccccc12)NCC(F)(F)F.O=C(CNC(=O)c1ccc(C2=NOC(c3cc(Cl)cc(Cl)c3)(C(F)(F)F)C2)c2ccccc12)NCC(F)(F)F. The van der Waals surface area contributed by atoms with Gasteiger partial charge >= 0.3 is 30.9 Å². The number of alkyl halides is 15. The van der Waals surface area contributed by atoms with E-state index < -0.39 is 126 Å².